The van der Waals surface area contributed by atoms with Crippen LogP contribution in [0.3, 0.4) is 0 Å². The molecule has 39 heavy (non-hydrogen) atoms. The van der Waals surface area contributed by atoms with Crippen LogP contribution in [0.1, 0.15) is 35.3 Å². The molecule has 0 saturated carbocycles. The van der Waals surface area contributed by atoms with Crippen molar-refractivity contribution < 1.29 is 0 Å². The van der Waals surface area contributed by atoms with Crippen LogP contribution in [0, 0.1) is 5.41 Å². The van der Waals surface area contributed by atoms with Crippen LogP contribution in [0.5, 0.6) is 0 Å². The zero-order chi connectivity index (χ0) is 26.6. The third-order valence-corrected chi connectivity index (χ3v) is 7.07. The van der Waals surface area contributed by atoms with Crippen LogP contribution in [0.4, 0.5) is 0 Å². The fraction of sp³-hybridized carbons (Fsp3) is 0.0571. The predicted octanol–water partition coefficient (Wildman–Crippen LogP) is 8.06. The average Bonchev–Trinajstić information content (AvgIpc) is 3.02. The van der Waals surface area contributed by atoms with Crippen molar-refractivity contribution in [2.75, 3.05) is 0 Å². The topological polar surface area (TPSA) is 60.6 Å². The van der Waals surface area contributed by atoms with E-state index in [1.165, 1.54) is 11.6 Å². The van der Waals surface area contributed by atoms with Gasteiger partial charge in [0.15, 0.2) is 5.84 Å². The van der Waals surface area contributed by atoms with Gasteiger partial charge in [0.2, 0.25) is 0 Å². The minimum Gasteiger partial charge on any atom is -0.344 e. The molecule has 0 bridgehead atoms. The molecule has 0 aliphatic carbocycles. The number of allylic oxidation sites excluding steroid dienone is 2. The molecule has 0 aromatic heterocycles. The third kappa shape index (κ3) is 4.80. The summed E-state index contributed by atoms with van der Waals surface area (Å²) in [6.45, 7) is 1.96. The van der Waals surface area contributed by atoms with Gasteiger partial charge in [-0.1, -0.05) is 127 Å². The van der Waals surface area contributed by atoms with E-state index in [0.717, 1.165) is 50.2 Å². The van der Waals surface area contributed by atoms with Gasteiger partial charge in [-0.05, 0) is 40.0 Å². The Hall–Kier alpha value is -5.09. The molecule has 1 heterocycles. The summed E-state index contributed by atoms with van der Waals surface area (Å²) in [5.41, 5.74) is 7.37. The summed E-state index contributed by atoms with van der Waals surface area (Å²) in [5.74, 6) is 1.53. The second-order valence-corrected chi connectivity index (χ2v) is 9.41. The highest BCUT2D eigenvalue weighted by Crippen LogP contribution is 2.35. The van der Waals surface area contributed by atoms with E-state index in [4.69, 9.17) is 15.4 Å². The third-order valence-electron chi connectivity index (χ3n) is 7.07. The van der Waals surface area contributed by atoms with Crippen molar-refractivity contribution in [3.63, 3.8) is 0 Å². The largest absolute Gasteiger partial charge is 0.344 e. The summed E-state index contributed by atoms with van der Waals surface area (Å²) in [6.07, 6.45) is 3.06. The van der Waals surface area contributed by atoms with Crippen LogP contribution in [-0.4, -0.2) is 17.9 Å². The number of hydrogen-bond acceptors (Lipinski definition) is 4. The van der Waals surface area contributed by atoms with E-state index in [9.17, 15) is 0 Å². The lowest BCUT2D eigenvalue weighted by atomic mass is 9.93. The van der Waals surface area contributed by atoms with Gasteiger partial charge < -0.3 is 10.7 Å². The monoisotopic (exact) mass is 504 g/mol. The summed E-state index contributed by atoms with van der Waals surface area (Å²) in [4.78, 5) is 10.0. The molecule has 1 atom stereocenters. The molecule has 188 valence electrons. The number of nitrogens with zero attached hydrogens (tertiary/aromatic N) is 2. The molecule has 5 aromatic carbocycles. The number of amidine groups is 2. The van der Waals surface area contributed by atoms with Crippen molar-refractivity contribution in [2.45, 2.75) is 13.1 Å². The van der Waals surface area contributed by atoms with Gasteiger partial charge in [0.1, 0.15) is 12.0 Å². The van der Waals surface area contributed by atoms with Crippen molar-refractivity contribution in [2.24, 2.45) is 9.98 Å². The Bertz CT molecular complexity index is 1730. The highest BCUT2D eigenvalue weighted by molar-refractivity contribution is 6.13. The summed E-state index contributed by atoms with van der Waals surface area (Å²) in [5, 5.41) is 13.6. The molecule has 0 fully saturated rings. The van der Waals surface area contributed by atoms with Crippen molar-refractivity contribution in [3.8, 4) is 11.1 Å². The van der Waals surface area contributed by atoms with Crippen LogP contribution >= 0.6 is 0 Å². The number of aliphatic imine (C=N–C) groups is 2. The van der Waals surface area contributed by atoms with Gasteiger partial charge >= 0.3 is 0 Å². The van der Waals surface area contributed by atoms with Gasteiger partial charge in [-0.2, -0.15) is 0 Å². The fourth-order valence-electron chi connectivity index (χ4n) is 5.06. The number of hydrogen-bond donors (Lipinski definition) is 2. The molecule has 5 aromatic rings. The van der Waals surface area contributed by atoms with E-state index >= 15 is 0 Å². The number of rotatable bonds is 6. The minimum atomic E-state index is -0.293. The Morgan fingerprint density at radius 3 is 2.00 bits per heavy atom. The first-order valence-corrected chi connectivity index (χ1v) is 13.1. The van der Waals surface area contributed by atoms with Gasteiger partial charge in [-0.15, -0.1) is 0 Å². The highest BCUT2D eigenvalue weighted by Gasteiger charge is 2.23. The Morgan fingerprint density at radius 1 is 0.692 bits per heavy atom. The standard InChI is InChI=1S/C35H28N4/c1-2-24(23-36)25-17-19-26(20-18-25)29-21-22-32(31-16-10-9-15-30(29)31)35-38-33(27-11-5-3-6-12-27)37-34(39-35)28-13-7-4-8-14-28/h2-23,35-36H,1H3,(H,37,38,39)/b24-2+,36-23?. The first-order valence-electron chi connectivity index (χ1n) is 13.1. The Labute approximate surface area is 228 Å². The maximum atomic E-state index is 7.66. The molecule has 4 heteroatoms. The van der Waals surface area contributed by atoms with Crippen molar-refractivity contribution in [1.29, 1.82) is 5.41 Å². The van der Waals surface area contributed by atoms with Gasteiger partial charge in [-0.3, -0.25) is 0 Å². The lowest BCUT2D eigenvalue weighted by Gasteiger charge is -2.25. The Kier molecular flexibility index (Phi) is 6.67. The van der Waals surface area contributed by atoms with E-state index in [1.807, 2.05) is 49.4 Å². The molecule has 0 radical (unpaired) electrons. The number of nitrogens with one attached hydrogen (secondary N) is 2. The van der Waals surface area contributed by atoms with Crippen molar-refractivity contribution in [1.82, 2.24) is 5.32 Å². The zero-order valence-electron chi connectivity index (χ0n) is 21.7. The van der Waals surface area contributed by atoms with Crippen LogP contribution in [-0.2, 0) is 0 Å². The SMILES string of the molecule is C/C=C(\C=N)c1ccc(-c2ccc(C3N=C(c4ccccc4)N=C(c4ccccc4)N3)c3ccccc23)cc1. The predicted molar refractivity (Wildman–Crippen MR) is 164 cm³/mol. The van der Waals surface area contributed by atoms with Crippen molar-refractivity contribution >= 4 is 34.2 Å². The normalized spacial score (nSPS) is 15.3. The Balaban J connectivity index is 1.45. The van der Waals surface area contributed by atoms with Gasteiger partial charge in [0, 0.05) is 22.9 Å². The molecule has 1 aliphatic rings. The molecule has 1 aliphatic heterocycles. The van der Waals surface area contributed by atoms with Gasteiger partial charge in [0.25, 0.3) is 0 Å². The first-order chi connectivity index (χ1) is 19.2. The van der Waals surface area contributed by atoms with Crippen molar-refractivity contribution in [3.05, 3.63) is 150 Å². The molecule has 0 saturated heterocycles. The molecule has 1 unspecified atom stereocenters. The zero-order valence-corrected chi connectivity index (χ0v) is 21.7. The number of fused-ring (bicyclic) bond motifs is 1. The maximum Gasteiger partial charge on any atom is 0.159 e. The quantitative estimate of drug-likeness (QED) is 0.226. The summed E-state index contributed by atoms with van der Waals surface area (Å²) in [6, 6.07) is 41.7. The lowest BCUT2D eigenvalue weighted by Crippen LogP contribution is -2.33. The number of benzene rings is 5. The molecular formula is C35H28N4. The van der Waals surface area contributed by atoms with Crippen LogP contribution in [0.25, 0.3) is 27.5 Å². The van der Waals surface area contributed by atoms with E-state index < -0.39 is 0 Å². The molecule has 2 N–H and O–H groups in total. The average molecular weight is 505 g/mol. The van der Waals surface area contributed by atoms with Gasteiger partial charge in [-0.25, -0.2) is 9.98 Å². The van der Waals surface area contributed by atoms with E-state index in [2.05, 4.69) is 90.2 Å². The van der Waals surface area contributed by atoms with Crippen LogP contribution in [0.15, 0.2) is 137 Å². The van der Waals surface area contributed by atoms with E-state index in [-0.39, 0.29) is 6.17 Å². The highest BCUT2D eigenvalue weighted by atomic mass is 15.2. The van der Waals surface area contributed by atoms with Crippen LogP contribution in [0.2, 0.25) is 0 Å². The molecule has 6 rings (SSSR count). The lowest BCUT2D eigenvalue weighted by molar-refractivity contribution is 0.679. The second kappa shape index (κ2) is 10.7. The molecular weight excluding hydrogens is 476 g/mol. The molecule has 0 amide bonds. The maximum absolute atomic E-state index is 7.66. The summed E-state index contributed by atoms with van der Waals surface area (Å²) < 4.78 is 0. The summed E-state index contributed by atoms with van der Waals surface area (Å²) >= 11 is 0. The van der Waals surface area contributed by atoms with E-state index in [1.54, 1.807) is 0 Å². The minimum absolute atomic E-state index is 0.293. The molecule has 0 spiro atoms. The fourth-order valence-corrected chi connectivity index (χ4v) is 5.06. The first kappa shape index (κ1) is 24.3. The van der Waals surface area contributed by atoms with E-state index in [0.29, 0.717) is 5.84 Å². The van der Waals surface area contributed by atoms with Crippen LogP contribution < -0.4 is 5.32 Å². The Morgan fingerprint density at radius 2 is 1.33 bits per heavy atom. The summed E-state index contributed by atoms with van der Waals surface area (Å²) in [7, 11) is 0. The smallest absolute Gasteiger partial charge is 0.159 e. The van der Waals surface area contributed by atoms with Gasteiger partial charge in [0.05, 0.1) is 0 Å². The molecule has 4 nitrogen and oxygen atoms in total. The second-order valence-electron chi connectivity index (χ2n) is 9.41.